The first-order valence-electron chi connectivity index (χ1n) is 8.70. The summed E-state index contributed by atoms with van der Waals surface area (Å²) in [5.41, 5.74) is 12.5. The predicted molar refractivity (Wildman–Crippen MR) is 91.4 cm³/mol. The van der Waals surface area contributed by atoms with Crippen molar-refractivity contribution in [3.63, 3.8) is 0 Å². The highest BCUT2D eigenvalue weighted by atomic mass is 16.2. The Morgan fingerprint density at radius 1 is 1.16 bits per heavy atom. The summed E-state index contributed by atoms with van der Waals surface area (Å²) >= 11 is 0. The number of rotatable bonds is 5. The number of primary amides is 2. The zero-order valence-corrected chi connectivity index (χ0v) is 14.0. The summed E-state index contributed by atoms with van der Waals surface area (Å²) in [6, 6.07) is 7.29. The summed E-state index contributed by atoms with van der Waals surface area (Å²) in [6.07, 6.45) is 3.18. The Hall–Kier alpha value is -2.41. The monoisotopic (exact) mass is 342 g/mol. The van der Waals surface area contributed by atoms with Gasteiger partial charge in [0.15, 0.2) is 6.17 Å². The average molecular weight is 342 g/mol. The second-order valence-corrected chi connectivity index (χ2v) is 7.35. The molecule has 7 heteroatoms. The molecule has 2 saturated heterocycles. The second kappa shape index (κ2) is 5.56. The van der Waals surface area contributed by atoms with Gasteiger partial charge in [0.1, 0.15) is 0 Å². The fourth-order valence-electron chi connectivity index (χ4n) is 4.36. The van der Waals surface area contributed by atoms with Crippen LogP contribution in [0.1, 0.15) is 37.7 Å². The van der Waals surface area contributed by atoms with Crippen molar-refractivity contribution in [1.29, 1.82) is 0 Å². The predicted octanol–water partition coefficient (Wildman–Crippen LogP) is 0.216. The van der Waals surface area contributed by atoms with Crippen LogP contribution in [0.4, 0.5) is 5.69 Å². The van der Waals surface area contributed by atoms with Crippen molar-refractivity contribution >= 4 is 23.4 Å². The molecule has 2 atom stereocenters. The molecule has 4 rings (SSSR count). The number of nitrogens with zero attached hydrogens (tertiary/aromatic N) is 2. The quantitative estimate of drug-likeness (QED) is 0.797. The molecule has 1 unspecified atom stereocenters. The number of hydrogen-bond acceptors (Lipinski definition) is 4. The van der Waals surface area contributed by atoms with Crippen LogP contribution in [0.15, 0.2) is 24.3 Å². The van der Waals surface area contributed by atoms with Gasteiger partial charge in [-0.25, -0.2) is 0 Å². The SMILES string of the molecule is NC(=O)CC1(c2ccc(N3C(=O)[C@@H]4CCCN4C3C(N)=O)cc2)CC1. The molecule has 3 amide bonds. The lowest BCUT2D eigenvalue weighted by Gasteiger charge is -2.27. The van der Waals surface area contributed by atoms with E-state index in [-0.39, 0.29) is 23.3 Å². The third kappa shape index (κ3) is 2.50. The molecule has 3 aliphatic rings. The van der Waals surface area contributed by atoms with Gasteiger partial charge in [-0.15, -0.1) is 0 Å². The van der Waals surface area contributed by atoms with Crippen LogP contribution >= 0.6 is 0 Å². The molecule has 1 aliphatic carbocycles. The van der Waals surface area contributed by atoms with Crippen LogP contribution in [0.25, 0.3) is 0 Å². The largest absolute Gasteiger partial charge is 0.370 e. The fraction of sp³-hybridized carbons (Fsp3) is 0.500. The lowest BCUT2D eigenvalue weighted by Crippen LogP contribution is -2.49. The zero-order valence-electron chi connectivity index (χ0n) is 14.0. The Labute approximate surface area is 145 Å². The van der Waals surface area contributed by atoms with Crippen LogP contribution in [0.2, 0.25) is 0 Å². The molecule has 4 N–H and O–H groups in total. The number of carbonyl (C=O) groups excluding carboxylic acids is 3. The van der Waals surface area contributed by atoms with Crippen molar-refractivity contribution in [2.45, 2.75) is 49.7 Å². The standard InChI is InChI=1S/C18H22N4O3/c19-14(23)10-18(7-8-18)11-3-5-12(6-4-11)22-16(15(20)24)21-9-1-2-13(21)17(22)25/h3-6,13,16H,1-2,7-10H2,(H2,19,23)(H2,20,24)/t13-,16?/m0/s1. The van der Waals surface area contributed by atoms with Crippen molar-refractivity contribution < 1.29 is 14.4 Å². The van der Waals surface area contributed by atoms with E-state index in [4.69, 9.17) is 11.5 Å². The third-order valence-electron chi connectivity index (χ3n) is 5.75. The molecule has 1 aromatic carbocycles. The number of fused-ring (bicyclic) bond motifs is 1. The maximum absolute atomic E-state index is 12.8. The van der Waals surface area contributed by atoms with Gasteiger partial charge in [-0.05, 0) is 43.4 Å². The van der Waals surface area contributed by atoms with Crippen LogP contribution in [-0.4, -0.2) is 41.4 Å². The van der Waals surface area contributed by atoms with Gasteiger partial charge in [-0.2, -0.15) is 0 Å². The molecule has 0 aromatic heterocycles. The van der Waals surface area contributed by atoms with Crippen molar-refractivity contribution in [2.75, 3.05) is 11.4 Å². The second-order valence-electron chi connectivity index (χ2n) is 7.35. The summed E-state index contributed by atoms with van der Waals surface area (Å²) < 4.78 is 0. The summed E-state index contributed by atoms with van der Waals surface area (Å²) in [6.45, 7) is 0.709. The molecule has 3 fully saturated rings. The Morgan fingerprint density at radius 2 is 1.84 bits per heavy atom. The smallest absolute Gasteiger partial charge is 0.255 e. The molecule has 2 aliphatic heterocycles. The number of benzene rings is 1. The molecule has 132 valence electrons. The van der Waals surface area contributed by atoms with E-state index in [0.717, 1.165) is 31.2 Å². The minimum atomic E-state index is -0.716. The minimum Gasteiger partial charge on any atom is -0.370 e. The molecule has 1 saturated carbocycles. The topological polar surface area (TPSA) is 110 Å². The van der Waals surface area contributed by atoms with E-state index in [0.29, 0.717) is 18.7 Å². The van der Waals surface area contributed by atoms with Gasteiger partial charge in [0, 0.05) is 24.1 Å². The maximum atomic E-state index is 12.8. The van der Waals surface area contributed by atoms with Crippen molar-refractivity contribution in [2.24, 2.45) is 11.5 Å². The molecule has 25 heavy (non-hydrogen) atoms. The Balaban J connectivity index is 1.62. The Kier molecular flexibility index (Phi) is 3.57. The molecule has 7 nitrogen and oxygen atoms in total. The van der Waals surface area contributed by atoms with Crippen molar-refractivity contribution in [3.8, 4) is 0 Å². The Bertz CT molecular complexity index is 741. The van der Waals surface area contributed by atoms with Crippen LogP contribution in [0.3, 0.4) is 0 Å². The van der Waals surface area contributed by atoms with Gasteiger partial charge in [0.2, 0.25) is 11.8 Å². The van der Waals surface area contributed by atoms with E-state index in [9.17, 15) is 14.4 Å². The number of carbonyl (C=O) groups is 3. The van der Waals surface area contributed by atoms with Gasteiger partial charge < -0.3 is 11.5 Å². The van der Waals surface area contributed by atoms with Gasteiger partial charge in [0.05, 0.1) is 6.04 Å². The fourth-order valence-corrected chi connectivity index (χ4v) is 4.36. The molecule has 0 radical (unpaired) electrons. The number of nitrogens with two attached hydrogens (primary N) is 2. The first kappa shape index (κ1) is 16.1. The van der Waals surface area contributed by atoms with Gasteiger partial charge in [-0.1, -0.05) is 12.1 Å². The normalized spacial score (nSPS) is 27.4. The van der Waals surface area contributed by atoms with Crippen molar-refractivity contribution in [3.05, 3.63) is 29.8 Å². The molecular weight excluding hydrogens is 320 g/mol. The highest BCUT2D eigenvalue weighted by Gasteiger charge is 2.51. The highest BCUT2D eigenvalue weighted by molar-refractivity contribution is 6.06. The van der Waals surface area contributed by atoms with Gasteiger partial charge >= 0.3 is 0 Å². The first-order valence-corrected chi connectivity index (χ1v) is 8.70. The summed E-state index contributed by atoms with van der Waals surface area (Å²) in [5.74, 6) is -0.868. The molecule has 0 bridgehead atoms. The van der Waals surface area contributed by atoms with Gasteiger partial charge in [0.25, 0.3) is 5.91 Å². The van der Waals surface area contributed by atoms with Crippen LogP contribution in [-0.2, 0) is 19.8 Å². The van der Waals surface area contributed by atoms with E-state index >= 15 is 0 Å². The van der Waals surface area contributed by atoms with E-state index in [1.807, 2.05) is 29.2 Å². The summed E-state index contributed by atoms with van der Waals surface area (Å²) in [7, 11) is 0. The van der Waals surface area contributed by atoms with Crippen LogP contribution in [0, 0.1) is 0 Å². The maximum Gasteiger partial charge on any atom is 0.255 e. The Morgan fingerprint density at radius 3 is 2.40 bits per heavy atom. The molecular formula is C18H22N4O3. The van der Waals surface area contributed by atoms with E-state index in [2.05, 4.69) is 0 Å². The lowest BCUT2D eigenvalue weighted by atomic mass is 9.92. The van der Waals surface area contributed by atoms with Crippen LogP contribution in [0.5, 0.6) is 0 Å². The summed E-state index contributed by atoms with van der Waals surface area (Å²) in [5, 5.41) is 0. The zero-order chi connectivity index (χ0) is 17.8. The van der Waals surface area contributed by atoms with E-state index < -0.39 is 12.1 Å². The number of hydrogen-bond donors (Lipinski definition) is 2. The highest BCUT2D eigenvalue weighted by Crippen LogP contribution is 2.51. The molecule has 0 spiro atoms. The van der Waals surface area contributed by atoms with Crippen molar-refractivity contribution in [1.82, 2.24) is 4.90 Å². The molecule has 1 aromatic rings. The summed E-state index contributed by atoms with van der Waals surface area (Å²) in [4.78, 5) is 39.4. The minimum absolute atomic E-state index is 0.0627. The number of amides is 3. The van der Waals surface area contributed by atoms with E-state index in [1.54, 1.807) is 0 Å². The lowest BCUT2D eigenvalue weighted by molar-refractivity contribution is -0.122. The number of anilines is 1. The van der Waals surface area contributed by atoms with Crippen LogP contribution < -0.4 is 16.4 Å². The molecule has 2 heterocycles. The van der Waals surface area contributed by atoms with Gasteiger partial charge in [-0.3, -0.25) is 24.2 Å². The average Bonchev–Trinajstić information content (AvgIpc) is 3.07. The third-order valence-corrected chi connectivity index (χ3v) is 5.75. The van der Waals surface area contributed by atoms with E-state index in [1.165, 1.54) is 4.90 Å². The first-order chi connectivity index (χ1) is 11.9.